The molecule has 0 aliphatic heterocycles. The van der Waals surface area contributed by atoms with Gasteiger partial charge in [0.05, 0.1) is 12.7 Å². The molecular formula is C20H19NO4. The summed E-state index contributed by atoms with van der Waals surface area (Å²) in [5, 5.41) is 0.890. The summed E-state index contributed by atoms with van der Waals surface area (Å²) < 4.78 is 10.4. The normalized spacial score (nSPS) is 12.0. The largest absolute Gasteiger partial charge is 0.483 e. The molecule has 0 radical (unpaired) electrons. The molecule has 0 bridgehead atoms. The number of benzene rings is 2. The van der Waals surface area contributed by atoms with Gasteiger partial charge in [0.15, 0.2) is 6.10 Å². The third kappa shape index (κ3) is 3.26. The number of aromatic nitrogens is 1. The van der Waals surface area contributed by atoms with Crippen molar-refractivity contribution in [2.24, 2.45) is 0 Å². The first-order valence-electron chi connectivity index (χ1n) is 7.98. The van der Waals surface area contributed by atoms with Crippen LogP contribution in [0, 0.1) is 6.92 Å². The van der Waals surface area contributed by atoms with E-state index in [1.807, 2.05) is 31.2 Å². The molecule has 3 aromatic rings. The maximum absolute atomic E-state index is 12.8. The average molecular weight is 337 g/mol. The molecule has 25 heavy (non-hydrogen) atoms. The maximum atomic E-state index is 12.8. The zero-order valence-electron chi connectivity index (χ0n) is 14.3. The first-order chi connectivity index (χ1) is 12.0. The number of carbonyl (C=O) groups excluding carboxylic acids is 2. The summed E-state index contributed by atoms with van der Waals surface area (Å²) in [5.74, 6) is 0.0167. The Morgan fingerprint density at radius 3 is 2.40 bits per heavy atom. The van der Waals surface area contributed by atoms with Gasteiger partial charge < -0.3 is 14.5 Å². The van der Waals surface area contributed by atoms with Gasteiger partial charge in [0.2, 0.25) is 5.78 Å². The van der Waals surface area contributed by atoms with Crippen molar-refractivity contribution in [3.63, 3.8) is 0 Å². The average Bonchev–Trinajstić information content (AvgIpc) is 2.96. The molecule has 0 saturated heterocycles. The molecule has 1 N–H and O–H groups in total. The minimum absolute atomic E-state index is 0.0907. The van der Waals surface area contributed by atoms with Crippen molar-refractivity contribution in [3.05, 3.63) is 65.4 Å². The van der Waals surface area contributed by atoms with Gasteiger partial charge in [0.25, 0.3) is 0 Å². The number of ketones is 1. The predicted molar refractivity (Wildman–Crippen MR) is 95.2 cm³/mol. The van der Waals surface area contributed by atoms with Gasteiger partial charge in [0.1, 0.15) is 5.75 Å². The highest BCUT2D eigenvalue weighted by Crippen LogP contribution is 2.24. The summed E-state index contributed by atoms with van der Waals surface area (Å²) in [6.07, 6.45) is -0.651. The van der Waals surface area contributed by atoms with Crippen LogP contribution < -0.4 is 4.74 Å². The van der Waals surface area contributed by atoms with Crippen molar-refractivity contribution in [1.82, 2.24) is 4.98 Å². The highest BCUT2D eigenvalue weighted by atomic mass is 16.5. The van der Waals surface area contributed by atoms with E-state index in [2.05, 4.69) is 9.72 Å². The van der Waals surface area contributed by atoms with Crippen molar-refractivity contribution in [1.29, 1.82) is 0 Å². The van der Waals surface area contributed by atoms with E-state index >= 15 is 0 Å². The van der Waals surface area contributed by atoms with Crippen molar-refractivity contribution in [3.8, 4) is 5.75 Å². The van der Waals surface area contributed by atoms with E-state index in [0.29, 0.717) is 16.9 Å². The number of carbonyl (C=O) groups is 2. The van der Waals surface area contributed by atoms with Crippen LogP contribution in [0.25, 0.3) is 10.9 Å². The van der Waals surface area contributed by atoms with Gasteiger partial charge in [-0.1, -0.05) is 18.2 Å². The van der Waals surface area contributed by atoms with Crippen molar-refractivity contribution in [2.45, 2.75) is 20.0 Å². The van der Waals surface area contributed by atoms with Crippen LogP contribution in [-0.4, -0.2) is 30.0 Å². The molecule has 0 aliphatic carbocycles. The van der Waals surface area contributed by atoms with Gasteiger partial charge in [-0.05, 0) is 44.2 Å². The highest BCUT2D eigenvalue weighted by Gasteiger charge is 2.22. The molecule has 0 aliphatic rings. The Morgan fingerprint density at radius 1 is 1.04 bits per heavy atom. The van der Waals surface area contributed by atoms with Crippen LogP contribution in [0.2, 0.25) is 0 Å². The fraction of sp³-hybridized carbons (Fsp3) is 0.200. The van der Waals surface area contributed by atoms with E-state index in [1.54, 1.807) is 31.2 Å². The van der Waals surface area contributed by atoms with Crippen LogP contribution >= 0.6 is 0 Å². The fourth-order valence-corrected chi connectivity index (χ4v) is 2.84. The van der Waals surface area contributed by atoms with Crippen molar-refractivity contribution >= 4 is 22.7 Å². The zero-order chi connectivity index (χ0) is 18.0. The van der Waals surface area contributed by atoms with Crippen LogP contribution in [0.3, 0.4) is 0 Å². The summed E-state index contributed by atoms with van der Waals surface area (Å²) in [6.45, 7) is 3.60. The Balaban J connectivity index is 1.80. The molecule has 0 unspecified atom stereocenters. The first-order valence-corrected chi connectivity index (χ1v) is 7.98. The SMILES string of the molecule is COC(=O)c1ccc(O[C@H](C)C(=O)c2c(C)[nH]c3ccccc23)cc1. The molecule has 2 aromatic carbocycles. The lowest BCUT2D eigenvalue weighted by atomic mass is 10.0. The van der Waals surface area contributed by atoms with Crippen LogP contribution in [0.4, 0.5) is 0 Å². The van der Waals surface area contributed by atoms with Gasteiger partial charge in [-0.25, -0.2) is 4.79 Å². The smallest absolute Gasteiger partial charge is 0.337 e. The number of esters is 1. The summed E-state index contributed by atoms with van der Waals surface area (Å²) in [7, 11) is 1.33. The lowest BCUT2D eigenvalue weighted by Crippen LogP contribution is -2.24. The summed E-state index contributed by atoms with van der Waals surface area (Å²) >= 11 is 0. The number of Topliss-reactive ketones (excluding diaryl/α,β-unsaturated/α-hetero) is 1. The quantitative estimate of drug-likeness (QED) is 0.566. The first kappa shape index (κ1) is 16.8. The number of methoxy groups -OCH3 is 1. The predicted octanol–water partition coefficient (Wildman–Crippen LogP) is 3.91. The highest BCUT2D eigenvalue weighted by molar-refractivity contribution is 6.11. The third-order valence-electron chi connectivity index (χ3n) is 4.10. The molecular weight excluding hydrogens is 318 g/mol. The van der Waals surface area contributed by atoms with Gasteiger partial charge in [0, 0.05) is 22.2 Å². The number of aromatic amines is 1. The van der Waals surface area contributed by atoms with Gasteiger partial charge in [-0.2, -0.15) is 0 Å². The molecule has 3 rings (SSSR count). The van der Waals surface area contributed by atoms with Crippen LogP contribution in [0.5, 0.6) is 5.75 Å². The number of hydrogen-bond donors (Lipinski definition) is 1. The van der Waals surface area contributed by atoms with Crippen LogP contribution in [0.1, 0.15) is 33.3 Å². The molecule has 5 nitrogen and oxygen atoms in total. The number of hydrogen-bond acceptors (Lipinski definition) is 4. The maximum Gasteiger partial charge on any atom is 0.337 e. The molecule has 128 valence electrons. The summed E-state index contributed by atoms with van der Waals surface area (Å²) in [6, 6.07) is 14.2. The molecule has 0 spiro atoms. The molecule has 0 amide bonds. The Bertz CT molecular complexity index is 925. The second-order valence-electron chi connectivity index (χ2n) is 5.81. The van der Waals surface area contributed by atoms with Gasteiger partial charge >= 0.3 is 5.97 Å². The van der Waals surface area contributed by atoms with E-state index in [1.165, 1.54) is 7.11 Å². The number of H-pyrrole nitrogens is 1. The standard InChI is InChI=1S/C20H19NO4/c1-12-18(16-6-4-5-7-17(16)21-12)19(22)13(2)25-15-10-8-14(9-11-15)20(23)24-3/h4-11,13,21H,1-3H3/t13-/m1/s1. The number of nitrogens with one attached hydrogen (secondary N) is 1. The topological polar surface area (TPSA) is 68.4 Å². The Morgan fingerprint density at radius 2 is 1.72 bits per heavy atom. The zero-order valence-corrected chi connectivity index (χ0v) is 14.3. The van der Waals surface area contributed by atoms with E-state index in [4.69, 9.17) is 4.74 Å². The van der Waals surface area contributed by atoms with Gasteiger partial charge in [-0.15, -0.1) is 0 Å². The van der Waals surface area contributed by atoms with E-state index < -0.39 is 12.1 Å². The van der Waals surface area contributed by atoms with E-state index in [-0.39, 0.29) is 5.78 Å². The molecule has 1 atom stereocenters. The summed E-state index contributed by atoms with van der Waals surface area (Å²) in [4.78, 5) is 27.5. The van der Waals surface area contributed by atoms with Crippen LogP contribution in [-0.2, 0) is 4.74 Å². The Hall–Kier alpha value is -3.08. The van der Waals surface area contributed by atoms with Crippen molar-refractivity contribution < 1.29 is 19.1 Å². The monoisotopic (exact) mass is 337 g/mol. The Kier molecular flexibility index (Phi) is 4.57. The lowest BCUT2D eigenvalue weighted by Gasteiger charge is -2.14. The molecule has 1 heterocycles. The van der Waals surface area contributed by atoms with Crippen molar-refractivity contribution in [2.75, 3.05) is 7.11 Å². The van der Waals surface area contributed by atoms with Gasteiger partial charge in [-0.3, -0.25) is 4.79 Å². The van der Waals surface area contributed by atoms with E-state index in [9.17, 15) is 9.59 Å². The fourth-order valence-electron chi connectivity index (χ4n) is 2.84. The Labute approximate surface area is 145 Å². The molecule has 1 aromatic heterocycles. The number of aryl methyl sites for hydroxylation is 1. The lowest BCUT2D eigenvalue weighted by molar-refractivity contribution is 0.0600. The molecule has 0 saturated carbocycles. The van der Waals surface area contributed by atoms with Crippen LogP contribution in [0.15, 0.2) is 48.5 Å². The number of ether oxygens (including phenoxy) is 2. The minimum atomic E-state index is -0.651. The number of rotatable bonds is 5. The summed E-state index contributed by atoms with van der Waals surface area (Å²) in [5.41, 5.74) is 2.83. The second kappa shape index (κ2) is 6.81. The molecule has 0 fully saturated rings. The number of fused-ring (bicyclic) bond motifs is 1. The third-order valence-corrected chi connectivity index (χ3v) is 4.10. The molecule has 5 heteroatoms. The minimum Gasteiger partial charge on any atom is -0.483 e. The second-order valence-corrected chi connectivity index (χ2v) is 5.81. The van der Waals surface area contributed by atoms with E-state index in [0.717, 1.165) is 16.6 Å². The number of para-hydroxylation sites is 1.